The Labute approximate surface area is 122 Å². The molecular formula is C11H14BrN7O. The van der Waals surface area contributed by atoms with Crippen molar-refractivity contribution in [2.45, 2.75) is 0 Å². The number of hydrogen-bond acceptors (Lipinski definition) is 2. The van der Waals surface area contributed by atoms with Crippen molar-refractivity contribution in [1.82, 2.24) is 9.13 Å². The molecule has 0 saturated carbocycles. The third kappa shape index (κ3) is 2.39. The van der Waals surface area contributed by atoms with Crippen LogP contribution in [0.4, 0.5) is 5.69 Å². The van der Waals surface area contributed by atoms with Gasteiger partial charge in [-0.3, -0.25) is 9.13 Å². The van der Waals surface area contributed by atoms with E-state index in [1.54, 1.807) is 30.8 Å². The predicted octanol–water partition coefficient (Wildman–Crippen LogP) is -0.141. The van der Waals surface area contributed by atoms with Gasteiger partial charge in [-0.05, 0) is 28.1 Å². The summed E-state index contributed by atoms with van der Waals surface area (Å²) in [4.78, 5) is 19.6. The molecule has 106 valence electrons. The van der Waals surface area contributed by atoms with Crippen LogP contribution in [0, 0.1) is 0 Å². The minimum absolute atomic E-state index is 0.0639. The van der Waals surface area contributed by atoms with E-state index in [1.807, 2.05) is 0 Å². The van der Waals surface area contributed by atoms with E-state index in [2.05, 4.69) is 25.9 Å². The van der Waals surface area contributed by atoms with Crippen molar-refractivity contribution in [3.63, 3.8) is 0 Å². The second kappa shape index (κ2) is 5.00. The zero-order valence-electron chi connectivity index (χ0n) is 11.0. The third-order valence-electron chi connectivity index (χ3n) is 2.82. The minimum Gasteiger partial charge on any atom is -0.370 e. The number of halogens is 1. The number of nitrogens with zero attached hydrogens (tertiary/aromatic N) is 4. The lowest BCUT2D eigenvalue weighted by atomic mass is 10.3. The lowest BCUT2D eigenvalue weighted by Gasteiger charge is -2.02. The summed E-state index contributed by atoms with van der Waals surface area (Å²) < 4.78 is 3.75. The summed E-state index contributed by atoms with van der Waals surface area (Å²) in [6.45, 7) is 0. The number of guanidine groups is 2. The van der Waals surface area contributed by atoms with Gasteiger partial charge in [0.05, 0.1) is 16.7 Å². The van der Waals surface area contributed by atoms with Crippen LogP contribution >= 0.6 is 15.9 Å². The molecule has 1 aromatic carbocycles. The van der Waals surface area contributed by atoms with E-state index in [-0.39, 0.29) is 17.6 Å². The van der Waals surface area contributed by atoms with Crippen molar-refractivity contribution >= 4 is 44.6 Å². The maximum atomic E-state index is 11.9. The van der Waals surface area contributed by atoms with Crippen LogP contribution in [0.3, 0.4) is 0 Å². The lowest BCUT2D eigenvalue weighted by Crippen LogP contribution is -2.26. The molecule has 6 N–H and O–H groups in total. The fraction of sp³-hybridized carbons (Fsp3) is 0.182. The van der Waals surface area contributed by atoms with Gasteiger partial charge in [0.2, 0.25) is 5.96 Å². The van der Waals surface area contributed by atoms with Crippen LogP contribution in [0.1, 0.15) is 0 Å². The highest BCUT2D eigenvalue weighted by Gasteiger charge is 2.11. The van der Waals surface area contributed by atoms with E-state index in [0.717, 1.165) is 11.0 Å². The van der Waals surface area contributed by atoms with Gasteiger partial charge >= 0.3 is 5.69 Å². The SMILES string of the molecule is Cn1c(=O)n(C)c2cc(N=C(N)N=C(N)N)c(Br)cc21. The zero-order chi connectivity index (χ0) is 15.0. The van der Waals surface area contributed by atoms with Gasteiger partial charge in [0, 0.05) is 18.6 Å². The molecule has 0 fully saturated rings. The van der Waals surface area contributed by atoms with Gasteiger partial charge in [0.15, 0.2) is 5.96 Å². The largest absolute Gasteiger partial charge is 0.370 e. The number of imidazole rings is 1. The van der Waals surface area contributed by atoms with Crippen molar-refractivity contribution < 1.29 is 0 Å². The first kappa shape index (κ1) is 14.1. The first-order valence-corrected chi connectivity index (χ1v) is 6.39. The number of fused-ring (bicyclic) bond motifs is 1. The van der Waals surface area contributed by atoms with Crippen LogP contribution in [-0.2, 0) is 14.1 Å². The van der Waals surface area contributed by atoms with Gasteiger partial charge in [-0.1, -0.05) is 0 Å². The number of rotatable bonds is 1. The first-order valence-electron chi connectivity index (χ1n) is 5.60. The summed E-state index contributed by atoms with van der Waals surface area (Å²) in [5, 5.41) is 0. The van der Waals surface area contributed by atoms with Gasteiger partial charge in [0.25, 0.3) is 0 Å². The number of nitrogens with two attached hydrogens (primary N) is 3. The highest BCUT2D eigenvalue weighted by molar-refractivity contribution is 9.10. The maximum Gasteiger partial charge on any atom is 0.328 e. The summed E-state index contributed by atoms with van der Waals surface area (Å²) in [6.07, 6.45) is 0. The molecule has 0 atom stereocenters. The van der Waals surface area contributed by atoms with Crippen molar-refractivity contribution in [3.8, 4) is 0 Å². The van der Waals surface area contributed by atoms with Crippen molar-refractivity contribution in [3.05, 3.63) is 27.1 Å². The van der Waals surface area contributed by atoms with Crippen LogP contribution < -0.4 is 22.9 Å². The smallest absolute Gasteiger partial charge is 0.328 e. The minimum atomic E-state index is -0.171. The summed E-state index contributed by atoms with van der Waals surface area (Å²) >= 11 is 3.38. The van der Waals surface area contributed by atoms with Crippen molar-refractivity contribution in [1.29, 1.82) is 0 Å². The van der Waals surface area contributed by atoms with E-state index in [9.17, 15) is 4.79 Å². The molecule has 1 heterocycles. The summed E-state index contributed by atoms with van der Waals surface area (Å²) in [5.74, 6) is -0.235. The van der Waals surface area contributed by atoms with E-state index in [0.29, 0.717) is 10.2 Å². The Morgan fingerprint density at radius 1 is 1.15 bits per heavy atom. The number of aromatic nitrogens is 2. The number of benzene rings is 1. The Hall–Kier alpha value is -2.29. The molecule has 0 spiro atoms. The average Bonchev–Trinajstić information content (AvgIpc) is 2.55. The Morgan fingerprint density at radius 3 is 2.25 bits per heavy atom. The Morgan fingerprint density at radius 2 is 1.70 bits per heavy atom. The fourth-order valence-electron chi connectivity index (χ4n) is 1.88. The normalized spacial score (nSPS) is 11.8. The number of aryl methyl sites for hydroxylation is 2. The quantitative estimate of drug-likeness (QED) is 0.493. The van der Waals surface area contributed by atoms with Crippen molar-refractivity contribution in [2.75, 3.05) is 0 Å². The van der Waals surface area contributed by atoms with Gasteiger partial charge in [-0.25, -0.2) is 9.79 Å². The molecule has 0 aliphatic carbocycles. The molecule has 0 aliphatic rings. The van der Waals surface area contributed by atoms with E-state index < -0.39 is 0 Å². The third-order valence-corrected chi connectivity index (χ3v) is 3.45. The number of hydrogen-bond donors (Lipinski definition) is 3. The molecule has 9 heteroatoms. The molecular weight excluding hydrogens is 326 g/mol. The second-order valence-electron chi connectivity index (χ2n) is 4.20. The lowest BCUT2D eigenvalue weighted by molar-refractivity contribution is 0.795. The Kier molecular flexibility index (Phi) is 3.53. The van der Waals surface area contributed by atoms with Gasteiger partial charge in [-0.2, -0.15) is 4.99 Å². The molecule has 2 rings (SSSR count). The number of aliphatic imine (C=N–C) groups is 2. The predicted molar refractivity (Wildman–Crippen MR) is 83.0 cm³/mol. The summed E-state index contributed by atoms with van der Waals surface area (Å²) in [7, 11) is 3.39. The molecule has 0 bridgehead atoms. The van der Waals surface area contributed by atoms with Gasteiger partial charge < -0.3 is 17.2 Å². The van der Waals surface area contributed by atoms with Crippen LogP contribution in [0.15, 0.2) is 31.4 Å². The zero-order valence-corrected chi connectivity index (χ0v) is 12.5. The molecule has 0 radical (unpaired) electrons. The van der Waals surface area contributed by atoms with Gasteiger partial charge in [-0.15, -0.1) is 0 Å². The molecule has 20 heavy (non-hydrogen) atoms. The molecule has 0 unspecified atom stereocenters. The molecule has 0 saturated heterocycles. The van der Waals surface area contributed by atoms with Gasteiger partial charge in [0.1, 0.15) is 0 Å². The van der Waals surface area contributed by atoms with E-state index >= 15 is 0 Å². The highest BCUT2D eigenvalue weighted by atomic mass is 79.9. The Balaban J connectivity index is 2.68. The van der Waals surface area contributed by atoms with Crippen LogP contribution in [0.5, 0.6) is 0 Å². The summed E-state index contributed by atoms with van der Waals surface area (Å²) in [5.41, 5.74) is 18.0. The molecule has 0 aliphatic heterocycles. The molecule has 1 aromatic heterocycles. The van der Waals surface area contributed by atoms with Crippen LogP contribution in [-0.4, -0.2) is 21.1 Å². The molecule has 8 nitrogen and oxygen atoms in total. The molecule has 2 aromatic rings. The molecule has 0 amide bonds. The first-order chi connectivity index (χ1) is 9.31. The van der Waals surface area contributed by atoms with Crippen LogP contribution in [0.25, 0.3) is 11.0 Å². The van der Waals surface area contributed by atoms with E-state index in [4.69, 9.17) is 17.2 Å². The fourth-order valence-corrected chi connectivity index (χ4v) is 2.29. The average molecular weight is 340 g/mol. The van der Waals surface area contributed by atoms with E-state index in [1.165, 1.54) is 4.57 Å². The highest BCUT2D eigenvalue weighted by Crippen LogP contribution is 2.30. The Bertz CT molecular complexity index is 795. The van der Waals surface area contributed by atoms with Crippen molar-refractivity contribution in [2.24, 2.45) is 41.3 Å². The monoisotopic (exact) mass is 339 g/mol. The topological polar surface area (TPSA) is 130 Å². The van der Waals surface area contributed by atoms with Crippen LogP contribution in [0.2, 0.25) is 0 Å². The summed E-state index contributed by atoms with van der Waals surface area (Å²) in [6, 6.07) is 3.52. The standard InChI is InChI=1S/C11H14BrN7O/c1-18-7-3-5(12)6(16-10(15)17-9(13)14)4-8(7)19(2)11(18)20/h3-4H,1-2H3,(H6,13,14,15,16,17). The second-order valence-corrected chi connectivity index (χ2v) is 5.05. The maximum absolute atomic E-state index is 11.9.